The summed E-state index contributed by atoms with van der Waals surface area (Å²) >= 11 is 0. The average molecular weight is 170 g/mol. The van der Waals surface area contributed by atoms with Gasteiger partial charge in [-0.1, -0.05) is 6.92 Å². The molecule has 1 aliphatic rings. The first-order valence-electron chi connectivity index (χ1n) is 3.59. The van der Waals surface area contributed by atoms with Crippen molar-refractivity contribution in [3.63, 3.8) is 0 Å². The summed E-state index contributed by atoms with van der Waals surface area (Å²) in [7, 11) is 0. The van der Waals surface area contributed by atoms with E-state index in [9.17, 15) is 17.6 Å². The molecule has 4 heteroatoms. The number of rotatable bonds is 0. The van der Waals surface area contributed by atoms with Crippen LogP contribution in [0.4, 0.5) is 17.6 Å². The van der Waals surface area contributed by atoms with Crippen molar-refractivity contribution in [3.05, 3.63) is 0 Å². The van der Waals surface area contributed by atoms with E-state index < -0.39 is 30.6 Å². The van der Waals surface area contributed by atoms with E-state index in [4.69, 9.17) is 0 Å². The molecule has 66 valence electrons. The lowest BCUT2D eigenvalue weighted by Crippen LogP contribution is -2.40. The van der Waals surface area contributed by atoms with Crippen LogP contribution in [0.15, 0.2) is 0 Å². The van der Waals surface area contributed by atoms with Crippen LogP contribution in [0.5, 0.6) is 0 Å². The van der Waals surface area contributed by atoms with E-state index in [1.54, 1.807) is 0 Å². The molecule has 0 spiro atoms. The minimum Gasteiger partial charge on any atom is -0.207 e. The summed E-state index contributed by atoms with van der Waals surface area (Å²) < 4.78 is 50.0. The summed E-state index contributed by atoms with van der Waals surface area (Å²) in [5.74, 6) is -7.24. The van der Waals surface area contributed by atoms with Gasteiger partial charge < -0.3 is 0 Å². The van der Waals surface area contributed by atoms with E-state index in [1.807, 2.05) is 0 Å². The number of hydrogen-bond donors (Lipinski definition) is 0. The van der Waals surface area contributed by atoms with Gasteiger partial charge in [0, 0.05) is 12.3 Å². The lowest BCUT2D eigenvalue weighted by atomic mass is 9.85. The summed E-state index contributed by atoms with van der Waals surface area (Å²) in [5, 5.41) is 0. The molecular formula is C7H10F4. The highest BCUT2D eigenvalue weighted by molar-refractivity contribution is 4.87. The second-order valence-electron chi connectivity index (χ2n) is 3.23. The summed E-state index contributed by atoms with van der Waals surface area (Å²) in [4.78, 5) is 0. The molecule has 0 aliphatic heterocycles. The Bertz CT molecular complexity index is 153. The molecule has 0 nitrogen and oxygen atoms in total. The highest BCUT2D eigenvalue weighted by Crippen LogP contribution is 2.45. The van der Waals surface area contributed by atoms with E-state index >= 15 is 0 Å². The Hall–Kier alpha value is -0.280. The van der Waals surface area contributed by atoms with Crippen LogP contribution >= 0.6 is 0 Å². The Morgan fingerprint density at radius 1 is 1.18 bits per heavy atom. The SMILES string of the molecule is CC1CCC(F)(F)CC1(F)F. The highest BCUT2D eigenvalue weighted by atomic mass is 19.3. The number of hydrogen-bond acceptors (Lipinski definition) is 0. The van der Waals surface area contributed by atoms with E-state index in [1.165, 1.54) is 6.92 Å². The molecule has 1 saturated carbocycles. The smallest absolute Gasteiger partial charge is 0.207 e. The second kappa shape index (κ2) is 2.35. The summed E-state index contributed by atoms with van der Waals surface area (Å²) in [6, 6.07) is 0. The van der Waals surface area contributed by atoms with Gasteiger partial charge in [0.25, 0.3) is 11.8 Å². The largest absolute Gasteiger partial charge is 0.256 e. The maximum absolute atomic E-state index is 12.6. The summed E-state index contributed by atoms with van der Waals surface area (Å²) in [6.45, 7) is 1.31. The molecule has 1 rings (SSSR count). The summed E-state index contributed by atoms with van der Waals surface area (Å²) in [6.07, 6.45) is -1.76. The van der Waals surface area contributed by atoms with Crippen molar-refractivity contribution in [2.24, 2.45) is 5.92 Å². The van der Waals surface area contributed by atoms with E-state index in [-0.39, 0.29) is 6.42 Å². The maximum atomic E-state index is 12.6. The van der Waals surface area contributed by atoms with Gasteiger partial charge in [-0.05, 0) is 6.42 Å². The molecule has 0 bridgehead atoms. The van der Waals surface area contributed by atoms with E-state index in [0.29, 0.717) is 0 Å². The molecule has 0 saturated heterocycles. The van der Waals surface area contributed by atoms with Crippen molar-refractivity contribution in [2.75, 3.05) is 0 Å². The first-order chi connectivity index (χ1) is 4.83. The van der Waals surface area contributed by atoms with Crippen LogP contribution in [-0.4, -0.2) is 11.8 Å². The zero-order valence-electron chi connectivity index (χ0n) is 6.21. The predicted octanol–water partition coefficient (Wildman–Crippen LogP) is 3.08. The topological polar surface area (TPSA) is 0 Å². The fourth-order valence-corrected chi connectivity index (χ4v) is 1.25. The molecule has 0 aromatic rings. The first kappa shape index (κ1) is 8.81. The molecule has 1 fully saturated rings. The Labute approximate surface area is 62.6 Å². The van der Waals surface area contributed by atoms with Crippen molar-refractivity contribution >= 4 is 0 Å². The quantitative estimate of drug-likeness (QED) is 0.490. The van der Waals surface area contributed by atoms with Crippen LogP contribution in [-0.2, 0) is 0 Å². The fraction of sp³-hybridized carbons (Fsp3) is 1.00. The molecule has 1 unspecified atom stereocenters. The molecule has 0 heterocycles. The highest BCUT2D eigenvalue weighted by Gasteiger charge is 2.50. The van der Waals surface area contributed by atoms with E-state index in [2.05, 4.69) is 0 Å². The number of alkyl halides is 4. The summed E-state index contributed by atoms with van der Waals surface area (Å²) in [5.41, 5.74) is 0. The Morgan fingerprint density at radius 2 is 1.73 bits per heavy atom. The molecule has 1 atom stereocenters. The Balaban J connectivity index is 2.67. The minimum absolute atomic E-state index is 0.0833. The molecule has 0 radical (unpaired) electrons. The normalized spacial score (nSPS) is 35.2. The van der Waals surface area contributed by atoms with Gasteiger partial charge in [-0.3, -0.25) is 0 Å². The number of halogens is 4. The van der Waals surface area contributed by atoms with Crippen LogP contribution in [0.25, 0.3) is 0 Å². The second-order valence-corrected chi connectivity index (χ2v) is 3.23. The van der Waals surface area contributed by atoms with Gasteiger partial charge in [-0.25, -0.2) is 17.6 Å². The van der Waals surface area contributed by atoms with Gasteiger partial charge >= 0.3 is 0 Å². The van der Waals surface area contributed by atoms with Crippen molar-refractivity contribution < 1.29 is 17.6 Å². The third kappa shape index (κ3) is 1.84. The van der Waals surface area contributed by atoms with Crippen LogP contribution < -0.4 is 0 Å². The van der Waals surface area contributed by atoms with Gasteiger partial charge in [0.05, 0.1) is 6.42 Å². The minimum atomic E-state index is -3.18. The fourth-order valence-electron chi connectivity index (χ4n) is 1.25. The van der Waals surface area contributed by atoms with Gasteiger partial charge in [-0.2, -0.15) is 0 Å². The first-order valence-corrected chi connectivity index (χ1v) is 3.59. The molecule has 0 amide bonds. The molecule has 11 heavy (non-hydrogen) atoms. The average Bonchev–Trinajstić information content (AvgIpc) is 1.77. The lowest BCUT2D eigenvalue weighted by molar-refractivity contribution is -0.171. The lowest BCUT2D eigenvalue weighted by Gasteiger charge is -2.33. The predicted molar refractivity (Wildman–Crippen MR) is 32.9 cm³/mol. The van der Waals surface area contributed by atoms with Crippen molar-refractivity contribution in [2.45, 2.75) is 38.0 Å². The van der Waals surface area contributed by atoms with Crippen molar-refractivity contribution in [3.8, 4) is 0 Å². The standard InChI is InChI=1S/C7H10F4/c1-5-2-3-6(8,9)4-7(5,10)11/h5H,2-4H2,1H3. The van der Waals surface area contributed by atoms with Crippen molar-refractivity contribution in [1.82, 2.24) is 0 Å². The molecule has 0 aromatic carbocycles. The molecule has 0 N–H and O–H groups in total. The van der Waals surface area contributed by atoms with Gasteiger partial charge in [0.1, 0.15) is 0 Å². The third-order valence-electron chi connectivity index (χ3n) is 2.16. The van der Waals surface area contributed by atoms with Crippen molar-refractivity contribution in [1.29, 1.82) is 0 Å². The molecule has 0 aromatic heterocycles. The van der Waals surface area contributed by atoms with Crippen LogP contribution in [0.3, 0.4) is 0 Å². The van der Waals surface area contributed by atoms with Gasteiger partial charge in [-0.15, -0.1) is 0 Å². The van der Waals surface area contributed by atoms with E-state index in [0.717, 1.165) is 0 Å². The molecular weight excluding hydrogens is 160 g/mol. The zero-order valence-corrected chi connectivity index (χ0v) is 6.21. The third-order valence-corrected chi connectivity index (χ3v) is 2.16. The Kier molecular flexibility index (Phi) is 1.89. The van der Waals surface area contributed by atoms with Gasteiger partial charge in [0.15, 0.2) is 0 Å². The van der Waals surface area contributed by atoms with Gasteiger partial charge in [0.2, 0.25) is 0 Å². The Morgan fingerprint density at radius 3 is 2.09 bits per heavy atom. The monoisotopic (exact) mass is 170 g/mol. The molecule has 1 aliphatic carbocycles. The van der Waals surface area contributed by atoms with Crippen LogP contribution in [0, 0.1) is 5.92 Å². The zero-order chi connectivity index (χ0) is 8.70. The van der Waals surface area contributed by atoms with Crippen LogP contribution in [0.1, 0.15) is 26.2 Å². The van der Waals surface area contributed by atoms with Crippen LogP contribution in [0.2, 0.25) is 0 Å². The maximum Gasteiger partial charge on any atom is 0.256 e.